The van der Waals surface area contributed by atoms with Gasteiger partial charge in [0.15, 0.2) is 0 Å². The van der Waals surface area contributed by atoms with Gasteiger partial charge in [0, 0.05) is 13.1 Å². The van der Waals surface area contributed by atoms with E-state index in [0.29, 0.717) is 13.1 Å². The zero-order valence-corrected chi connectivity index (χ0v) is 9.61. The van der Waals surface area contributed by atoms with Gasteiger partial charge < -0.3 is 10.0 Å². The lowest BCUT2D eigenvalue weighted by Gasteiger charge is -2.26. The van der Waals surface area contributed by atoms with Crippen molar-refractivity contribution in [2.24, 2.45) is 0 Å². The van der Waals surface area contributed by atoms with E-state index in [1.165, 1.54) is 18.2 Å². The maximum absolute atomic E-state index is 13.5. The minimum absolute atomic E-state index is 0.234. The van der Waals surface area contributed by atoms with Gasteiger partial charge in [-0.25, -0.2) is 4.39 Å². The minimum Gasteiger partial charge on any atom is -0.507 e. The summed E-state index contributed by atoms with van der Waals surface area (Å²) in [6.45, 7) is 2.98. The van der Waals surface area contributed by atoms with E-state index in [1.54, 1.807) is 4.90 Å². The predicted octanol–water partition coefficient (Wildman–Crippen LogP) is 2.32. The van der Waals surface area contributed by atoms with Crippen molar-refractivity contribution in [3.8, 4) is 5.75 Å². The Balaban J connectivity index is 2.29. The topological polar surface area (TPSA) is 40.5 Å². The lowest BCUT2D eigenvalue weighted by atomic mass is 10.1. The van der Waals surface area contributed by atoms with Crippen LogP contribution in [0.25, 0.3) is 0 Å². The minimum atomic E-state index is -0.679. The number of phenolic OH excluding ortho intramolecular Hbond substituents is 1. The second-order valence-corrected chi connectivity index (χ2v) is 4.20. The summed E-state index contributed by atoms with van der Waals surface area (Å²) in [4.78, 5) is 13.6. The third-order valence-corrected chi connectivity index (χ3v) is 2.82. The van der Waals surface area contributed by atoms with E-state index in [1.807, 2.05) is 6.92 Å². The highest BCUT2D eigenvalue weighted by Crippen LogP contribution is 2.23. The molecule has 1 heterocycles. The molecule has 1 aromatic rings. The van der Waals surface area contributed by atoms with Crippen LogP contribution in [-0.2, 0) is 0 Å². The summed E-state index contributed by atoms with van der Waals surface area (Å²) in [5.74, 6) is -1.43. The number of halogens is 1. The molecule has 0 radical (unpaired) electrons. The lowest BCUT2D eigenvalue weighted by molar-refractivity contribution is 0.0758. The molecule has 3 nitrogen and oxygen atoms in total. The summed E-state index contributed by atoms with van der Waals surface area (Å²) < 4.78 is 13.5. The highest BCUT2D eigenvalue weighted by atomic mass is 19.1. The Hall–Kier alpha value is -1.84. The van der Waals surface area contributed by atoms with Gasteiger partial charge in [0.05, 0.1) is 0 Å². The van der Waals surface area contributed by atoms with Crippen LogP contribution >= 0.6 is 0 Å². The monoisotopic (exact) mass is 235 g/mol. The Bertz CT molecular complexity index is 462. The Morgan fingerprint density at radius 2 is 2.24 bits per heavy atom. The number of phenols is 1. The van der Waals surface area contributed by atoms with Gasteiger partial charge in [-0.3, -0.25) is 4.79 Å². The normalized spacial score (nSPS) is 15.6. The number of hydrogen-bond acceptors (Lipinski definition) is 2. The summed E-state index contributed by atoms with van der Waals surface area (Å²) in [6, 6.07) is 3.88. The van der Waals surface area contributed by atoms with Crippen molar-refractivity contribution in [1.29, 1.82) is 0 Å². The third kappa shape index (κ3) is 2.30. The van der Waals surface area contributed by atoms with Gasteiger partial charge in [-0.2, -0.15) is 0 Å². The van der Waals surface area contributed by atoms with Crippen molar-refractivity contribution in [1.82, 2.24) is 4.90 Å². The number of benzene rings is 1. The van der Waals surface area contributed by atoms with Crippen LogP contribution in [0.1, 0.15) is 23.7 Å². The molecule has 0 aromatic heterocycles. The fourth-order valence-electron chi connectivity index (χ4n) is 1.97. The molecule has 2 rings (SSSR count). The maximum atomic E-state index is 13.5. The number of carbonyl (C=O) groups is 1. The number of carbonyl (C=O) groups excluding carboxylic acids is 1. The highest BCUT2D eigenvalue weighted by molar-refractivity contribution is 5.97. The van der Waals surface area contributed by atoms with E-state index in [0.717, 1.165) is 12.0 Å². The van der Waals surface area contributed by atoms with Crippen LogP contribution in [0, 0.1) is 5.82 Å². The first-order valence-corrected chi connectivity index (χ1v) is 5.52. The lowest BCUT2D eigenvalue weighted by Crippen LogP contribution is -2.35. The highest BCUT2D eigenvalue weighted by Gasteiger charge is 2.23. The Morgan fingerprint density at radius 1 is 1.47 bits per heavy atom. The van der Waals surface area contributed by atoms with Gasteiger partial charge in [0.25, 0.3) is 5.91 Å². The second-order valence-electron chi connectivity index (χ2n) is 4.20. The number of rotatable bonds is 1. The van der Waals surface area contributed by atoms with Gasteiger partial charge in [-0.05, 0) is 25.5 Å². The van der Waals surface area contributed by atoms with E-state index in [9.17, 15) is 14.3 Å². The molecular weight excluding hydrogens is 221 g/mol. The molecule has 1 aliphatic rings. The molecule has 0 fully saturated rings. The first-order chi connectivity index (χ1) is 8.09. The number of nitrogens with zero attached hydrogens (tertiary/aromatic N) is 1. The fraction of sp³-hybridized carbons (Fsp3) is 0.308. The van der Waals surface area contributed by atoms with Gasteiger partial charge in [-0.15, -0.1) is 0 Å². The van der Waals surface area contributed by atoms with E-state index in [4.69, 9.17) is 0 Å². The molecule has 0 spiro atoms. The average molecular weight is 235 g/mol. The third-order valence-electron chi connectivity index (χ3n) is 2.82. The van der Waals surface area contributed by atoms with Crippen LogP contribution in [0.4, 0.5) is 4.39 Å². The second kappa shape index (κ2) is 4.57. The molecule has 17 heavy (non-hydrogen) atoms. The first kappa shape index (κ1) is 11.6. The summed E-state index contributed by atoms with van der Waals surface area (Å²) in [7, 11) is 0. The summed E-state index contributed by atoms with van der Waals surface area (Å²) in [5.41, 5.74) is 0.850. The summed E-state index contributed by atoms with van der Waals surface area (Å²) in [6.07, 6.45) is 2.83. The molecule has 0 atom stereocenters. The number of amides is 1. The van der Waals surface area contributed by atoms with Crippen molar-refractivity contribution in [2.45, 2.75) is 13.3 Å². The predicted molar refractivity (Wildman–Crippen MR) is 62.3 cm³/mol. The average Bonchev–Trinajstić information content (AvgIpc) is 2.28. The van der Waals surface area contributed by atoms with Gasteiger partial charge >= 0.3 is 0 Å². The van der Waals surface area contributed by atoms with E-state index in [-0.39, 0.29) is 11.3 Å². The van der Waals surface area contributed by atoms with Crippen LogP contribution in [0.2, 0.25) is 0 Å². The molecule has 1 aromatic carbocycles. The fourth-order valence-corrected chi connectivity index (χ4v) is 1.97. The molecule has 90 valence electrons. The van der Waals surface area contributed by atoms with Crippen molar-refractivity contribution in [3.63, 3.8) is 0 Å². The molecule has 0 unspecified atom stereocenters. The van der Waals surface area contributed by atoms with Crippen LogP contribution in [-0.4, -0.2) is 29.0 Å². The van der Waals surface area contributed by atoms with Gasteiger partial charge in [0.1, 0.15) is 17.1 Å². The summed E-state index contributed by atoms with van der Waals surface area (Å²) in [5, 5.41) is 9.56. The Labute approximate surface area is 99.2 Å². The van der Waals surface area contributed by atoms with Gasteiger partial charge in [-0.1, -0.05) is 17.7 Å². The van der Waals surface area contributed by atoms with Crippen molar-refractivity contribution < 1.29 is 14.3 Å². The maximum Gasteiger partial charge on any atom is 0.260 e. The zero-order chi connectivity index (χ0) is 12.4. The van der Waals surface area contributed by atoms with Crippen molar-refractivity contribution >= 4 is 5.91 Å². The molecule has 0 aliphatic carbocycles. The van der Waals surface area contributed by atoms with E-state index in [2.05, 4.69) is 6.08 Å². The molecule has 0 saturated heterocycles. The molecular formula is C13H14FNO2. The SMILES string of the molecule is CC1=CCCN(C(=O)c2c(O)cccc2F)C1. The summed E-state index contributed by atoms with van der Waals surface area (Å²) >= 11 is 0. The standard InChI is InChI=1S/C13H14FNO2/c1-9-4-3-7-15(8-9)13(17)12-10(14)5-2-6-11(12)16/h2,4-6,16H,3,7-8H2,1H3. The number of aromatic hydroxyl groups is 1. The smallest absolute Gasteiger partial charge is 0.260 e. The Kier molecular flexibility index (Phi) is 3.13. The van der Waals surface area contributed by atoms with Crippen LogP contribution in [0.3, 0.4) is 0 Å². The molecule has 0 saturated carbocycles. The van der Waals surface area contributed by atoms with Crippen LogP contribution in [0.5, 0.6) is 5.75 Å². The van der Waals surface area contributed by atoms with E-state index < -0.39 is 11.7 Å². The first-order valence-electron chi connectivity index (χ1n) is 5.52. The largest absolute Gasteiger partial charge is 0.507 e. The molecule has 4 heteroatoms. The van der Waals surface area contributed by atoms with Crippen LogP contribution in [0.15, 0.2) is 29.8 Å². The zero-order valence-electron chi connectivity index (χ0n) is 9.61. The Morgan fingerprint density at radius 3 is 2.88 bits per heavy atom. The van der Waals surface area contributed by atoms with Crippen molar-refractivity contribution in [2.75, 3.05) is 13.1 Å². The molecule has 1 amide bonds. The molecule has 1 N–H and O–H groups in total. The molecule has 1 aliphatic heterocycles. The van der Waals surface area contributed by atoms with Crippen LogP contribution < -0.4 is 0 Å². The van der Waals surface area contributed by atoms with Gasteiger partial charge in [0.2, 0.25) is 0 Å². The van der Waals surface area contributed by atoms with E-state index >= 15 is 0 Å². The molecule has 0 bridgehead atoms. The van der Waals surface area contributed by atoms with Crippen molar-refractivity contribution in [3.05, 3.63) is 41.2 Å². The quantitative estimate of drug-likeness (QED) is 0.759. The number of hydrogen-bond donors (Lipinski definition) is 1.